The predicted octanol–water partition coefficient (Wildman–Crippen LogP) is 3.36. The largest absolute Gasteiger partial charge is 0.375 e. The minimum Gasteiger partial charge on any atom is -0.375 e. The van der Waals surface area contributed by atoms with Gasteiger partial charge in [-0.3, -0.25) is 0 Å². The van der Waals surface area contributed by atoms with E-state index in [1.54, 1.807) is 0 Å². The quantitative estimate of drug-likeness (QED) is 0.767. The molecule has 2 unspecified atom stereocenters. The molecular formula is C15H29NO. The molecule has 0 aromatic carbocycles. The van der Waals surface area contributed by atoms with E-state index in [0.717, 1.165) is 31.0 Å². The zero-order chi connectivity index (χ0) is 12.3. The van der Waals surface area contributed by atoms with Gasteiger partial charge in [0.25, 0.3) is 0 Å². The molecule has 2 rings (SSSR count). The van der Waals surface area contributed by atoms with E-state index >= 15 is 0 Å². The third-order valence-corrected chi connectivity index (χ3v) is 4.35. The lowest BCUT2D eigenvalue weighted by atomic mass is 9.82. The van der Waals surface area contributed by atoms with Crippen molar-refractivity contribution in [2.75, 3.05) is 13.2 Å². The summed E-state index contributed by atoms with van der Waals surface area (Å²) in [5, 5.41) is 3.73. The van der Waals surface area contributed by atoms with Crippen molar-refractivity contribution < 1.29 is 4.74 Å². The second-order valence-electron chi connectivity index (χ2n) is 6.53. The third-order valence-electron chi connectivity index (χ3n) is 4.35. The summed E-state index contributed by atoms with van der Waals surface area (Å²) < 4.78 is 5.74. The fraction of sp³-hybridized carbons (Fsp3) is 1.00. The van der Waals surface area contributed by atoms with Crippen LogP contribution in [0, 0.1) is 11.8 Å². The molecular weight excluding hydrogens is 210 g/mol. The van der Waals surface area contributed by atoms with Crippen LogP contribution in [-0.2, 0) is 4.74 Å². The maximum atomic E-state index is 5.74. The molecule has 0 saturated heterocycles. The van der Waals surface area contributed by atoms with Crippen LogP contribution in [0.15, 0.2) is 0 Å². The van der Waals surface area contributed by atoms with Crippen molar-refractivity contribution in [1.82, 2.24) is 5.32 Å². The average Bonchev–Trinajstić information content (AvgIpc) is 3.11. The van der Waals surface area contributed by atoms with E-state index < -0.39 is 0 Å². The first-order valence-electron chi connectivity index (χ1n) is 7.48. The number of rotatable bonds is 6. The molecule has 2 atom stereocenters. The van der Waals surface area contributed by atoms with E-state index in [2.05, 4.69) is 26.1 Å². The van der Waals surface area contributed by atoms with Crippen LogP contribution < -0.4 is 5.32 Å². The van der Waals surface area contributed by atoms with Crippen molar-refractivity contribution in [3.63, 3.8) is 0 Å². The monoisotopic (exact) mass is 239 g/mol. The highest BCUT2D eigenvalue weighted by Crippen LogP contribution is 2.43. The highest BCUT2D eigenvalue weighted by atomic mass is 16.5. The number of ether oxygens (including phenoxy) is 1. The fourth-order valence-corrected chi connectivity index (χ4v) is 3.24. The normalized spacial score (nSPS) is 30.5. The second kappa shape index (κ2) is 5.71. The molecule has 0 spiro atoms. The minimum absolute atomic E-state index is 0.0126. The van der Waals surface area contributed by atoms with Gasteiger partial charge in [0.1, 0.15) is 0 Å². The van der Waals surface area contributed by atoms with Gasteiger partial charge in [-0.25, -0.2) is 0 Å². The summed E-state index contributed by atoms with van der Waals surface area (Å²) in [6.45, 7) is 8.24. The summed E-state index contributed by atoms with van der Waals surface area (Å²) in [7, 11) is 0. The molecule has 0 aromatic heterocycles. The van der Waals surface area contributed by atoms with E-state index in [1.165, 1.54) is 38.5 Å². The van der Waals surface area contributed by atoms with Crippen LogP contribution in [-0.4, -0.2) is 24.8 Å². The molecule has 0 aliphatic heterocycles. The Kier molecular flexibility index (Phi) is 4.48. The Morgan fingerprint density at radius 1 is 1.12 bits per heavy atom. The lowest BCUT2D eigenvalue weighted by Gasteiger charge is -2.33. The van der Waals surface area contributed by atoms with Gasteiger partial charge in [-0.1, -0.05) is 12.8 Å². The lowest BCUT2D eigenvalue weighted by molar-refractivity contribution is -0.0119. The Bertz CT molecular complexity index is 235. The van der Waals surface area contributed by atoms with E-state index in [0.29, 0.717) is 0 Å². The number of hydrogen-bond acceptors (Lipinski definition) is 2. The molecule has 1 N–H and O–H groups in total. The molecule has 0 bridgehead atoms. The minimum atomic E-state index is -0.0126. The van der Waals surface area contributed by atoms with Gasteiger partial charge in [-0.05, 0) is 58.3 Å². The topological polar surface area (TPSA) is 21.3 Å². The van der Waals surface area contributed by atoms with Gasteiger partial charge in [0, 0.05) is 19.2 Å². The maximum absolute atomic E-state index is 5.74. The number of hydrogen-bond donors (Lipinski definition) is 1. The summed E-state index contributed by atoms with van der Waals surface area (Å²) in [5.74, 6) is 2.11. The molecule has 100 valence electrons. The van der Waals surface area contributed by atoms with Gasteiger partial charge in [0.05, 0.1) is 5.60 Å². The van der Waals surface area contributed by atoms with Crippen molar-refractivity contribution >= 4 is 0 Å². The molecule has 17 heavy (non-hydrogen) atoms. The highest BCUT2D eigenvalue weighted by Gasteiger charge is 2.34. The third kappa shape index (κ3) is 4.26. The Balaban J connectivity index is 1.71. The smallest absolute Gasteiger partial charge is 0.0750 e. The molecule has 2 fully saturated rings. The molecule has 0 amide bonds. The standard InChI is InChI=1S/C15H29NO/c1-4-17-15(2,3)11-16-14-7-5-6-13(10-14)12-8-9-12/h12-14,16H,4-11H2,1-3H3. The van der Waals surface area contributed by atoms with E-state index in [1.807, 2.05) is 0 Å². The number of nitrogens with one attached hydrogen (secondary N) is 1. The molecule has 2 heteroatoms. The summed E-state index contributed by atoms with van der Waals surface area (Å²) in [5.41, 5.74) is -0.0126. The van der Waals surface area contributed by atoms with Crippen LogP contribution in [0.2, 0.25) is 0 Å². The van der Waals surface area contributed by atoms with Crippen LogP contribution in [0.3, 0.4) is 0 Å². The van der Waals surface area contributed by atoms with Crippen molar-refractivity contribution in [3.05, 3.63) is 0 Å². The lowest BCUT2D eigenvalue weighted by Crippen LogP contribution is -2.44. The van der Waals surface area contributed by atoms with Crippen molar-refractivity contribution in [2.45, 2.75) is 70.9 Å². The molecule has 0 radical (unpaired) electrons. The van der Waals surface area contributed by atoms with Gasteiger partial charge in [-0.2, -0.15) is 0 Å². The van der Waals surface area contributed by atoms with E-state index in [4.69, 9.17) is 4.74 Å². The zero-order valence-corrected chi connectivity index (χ0v) is 11.8. The van der Waals surface area contributed by atoms with Crippen LogP contribution in [0.4, 0.5) is 0 Å². The van der Waals surface area contributed by atoms with E-state index in [-0.39, 0.29) is 5.60 Å². The summed E-state index contributed by atoms with van der Waals surface area (Å²) >= 11 is 0. The van der Waals surface area contributed by atoms with Gasteiger partial charge >= 0.3 is 0 Å². The summed E-state index contributed by atoms with van der Waals surface area (Å²) in [6.07, 6.45) is 8.69. The molecule has 2 aliphatic carbocycles. The van der Waals surface area contributed by atoms with Crippen molar-refractivity contribution in [1.29, 1.82) is 0 Å². The van der Waals surface area contributed by atoms with Crippen LogP contribution >= 0.6 is 0 Å². The average molecular weight is 239 g/mol. The van der Waals surface area contributed by atoms with Gasteiger partial charge in [0.15, 0.2) is 0 Å². The first-order valence-corrected chi connectivity index (χ1v) is 7.48. The SMILES string of the molecule is CCOC(C)(C)CNC1CCCC(C2CC2)C1. The molecule has 2 aliphatic rings. The van der Waals surface area contributed by atoms with Crippen molar-refractivity contribution in [3.8, 4) is 0 Å². The predicted molar refractivity (Wildman–Crippen MR) is 72.2 cm³/mol. The summed E-state index contributed by atoms with van der Waals surface area (Å²) in [4.78, 5) is 0. The maximum Gasteiger partial charge on any atom is 0.0750 e. The van der Waals surface area contributed by atoms with Gasteiger partial charge in [-0.15, -0.1) is 0 Å². The Labute approximate surface area is 107 Å². The molecule has 2 saturated carbocycles. The first kappa shape index (κ1) is 13.4. The Morgan fingerprint density at radius 2 is 1.88 bits per heavy atom. The van der Waals surface area contributed by atoms with E-state index in [9.17, 15) is 0 Å². The van der Waals surface area contributed by atoms with Crippen LogP contribution in [0.1, 0.15) is 59.3 Å². The van der Waals surface area contributed by atoms with Gasteiger partial charge < -0.3 is 10.1 Å². The fourth-order valence-electron chi connectivity index (χ4n) is 3.24. The van der Waals surface area contributed by atoms with Gasteiger partial charge in [0.2, 0.25) is 0 Å². The van der Waals surface area contributed by atoms with Crippen molar-refractivity contribution in [2.24, 2.45) is 11.8 Å². The molecule has 0 aromatic rings. The molecule has 0 heterocycles. The first-order chi connectivity index (χ1) is 8.11. The highest BCUT2D eigenvalue weighted by molar-refractivity contribution is 4.88. The second-order valence-corrected chi connectivity index (χ2v) is 6.53. The van der Waals surface area contributed by atoms with Crippen LogP contribution in [0.25, 0.3) is 0 Å². The molecule has 2 nitrogen and oxygen atoms in total. The summed E-state index contributed by atoms with van der Waals surface area (Å²) in [6, 6.07) is 0.745. The zero-order valence-electron chi connectivity index (χ0n) is 11.8. The Morgan fingerprint density at radius 3 is 2.53 bits per heavy atom. The van der Waals surface area contributed by atoms with Crippen LogP contribution in [0.5, 0.6) is 0 Å². The Hall–Kier alpha value is -0.0800.